The molecular formula is C14H11ClN2O4. The third-order valence-electron chi connectivity index (χ3n) is 2.69. The second-order valence-corrected chi connectivity index (χ2v) is 4.43. The van der Waals surface area contributed by atoms with Gasteiger partial charge in [0.05, 0.1) is 23.9 Å². The van der Waals surface area contributed by atoms with Gasteiger partial charge in [-0.2, -0.15) is 0 Å². The highest BCUT2D eigenvalue weighted by molar-refractivity contribution is 6.29. The maximum absolute atomic E-state index is 12.1. The first kappa shape index (κ1) is 14.8. The van der Waals surface area contributed by atoms with Crippen molar-refractivity contribution in [1.82, 2.24) is 4.98 Å². The number of pyridine rings is 1. The highest BCUT2D eigenvalue weighted by Crippen LogP contribution is 2.23. The van der Waals surface area contributed by atoms with E-state index in [1.54, 1.807) is 0 Å². The minimum atomic E-state index is -1.15. The normalized spacial score (nSPS) is 10.0. The Bertz CT molecular complexity index is 686. The second-order valence-electron chi connectivity index (χ2n) is 4.04. The van der Waals surface area contributed by atoms with E-state index in [1.807, 2.05) is 0 Å². The van der Waals surface area contributed by atoms with E-state index in [1.165, 1.54) is 43.6 Å². The minimum absolute atomic E-state index is 0.0360. The molecule has 0 aliphatic rings. The van der Waals surface area contributed by atoms with Crippen LogP contribution in [0.25, 0.3) is 0 Å². The molecular weight excluding hydrogens is 296 g/mol. The van der Waals surface area contributed by atoms with Crippen LogP contribution in [0.15, 0.2) is 36.5 Å². The van der Waals surface area contributed by atoms with Gasteiger partial charge >= 0.3 is 5.97 Å². The van der Waals surface area contributed by atoms with Crippen LogP contribution in [0.4, 0.5) is 5.69 Å². The van der Waals surface area contributed by atoms with Crippen LogP contribution in [0.1, 0.15) is 20.7 Å². The fourth-order valence-corrected chi connectivity index (χ4v) is 1.76. The van der Waals surface area contributed by atoms with Crippen LogP contribution in [0.2, 0.25) is 5.15 Å². The van der Waals surface area contributed by atoms with E-state index in [4.69, 9.17) is 21.4 Å². The molecule has 0 saturated carbocycles. The van der Waals surface area contributed by atoms with Gasteiger partial charge in [-0.3, -0.25) is 4.79 Å². The molecule has 0 bridgehead atoms. The molecule has 0 saturated heterocycles. The molecule has 2 rings (SSSR count). The Morgan fingerprint density at radius 3 is 2.62 bits per heavy atom. The zero-order valence-electron chi connectivity index (χ0n) is 11.0. The topological polar surface area (TPSA) is 88.5 Å². The first-order valence-electron chi connectivity index (χ1n) is 5.85. The van der Waals surface area contributed by atoms with Crippen LogP contribution < -0.4 is 10.1 Å². The molecule has 2 aromatic rings. The number of halogens is 1. The predicted octanol–water partition coefficient (Wildman–Crippen LogP) is 2.69. The third kappa shape index (κ3) is 3.49. The van der Waals surface area contributed by atoms with Crippen LogP contribution in [0.5, 0.6) is 5.75 Å². The Labute approximate surface area is 125 Å². The van der Waals surface area contributed by atoms with Gasteiger partial charge < -0.3 is 15.2 Å². The molecule has 1 heterocycles. The number of ether oxygens (including phenoxy) is 1. The largest absolute Gasteiger partial charge is 0.497 e. The number of methoxy groups -OCH3 is 1. The van der Waals surface area contributed by atoms with Crippen LogP contribution in [-0.4, -0.2) is 29.1 Å². The van der Waals surface area contributed by atoms with Crippen molar-refractivity contribution in [2.45, 2.75) is 0 Å². The Morgan fingerprint density at radius 2 is 2.05 bits per heavy atom. The van der Waals surface area contributed by atoms with Crippen LogP contribution in [-0.2, 0) is 0 Å². The van der Waals surface area contributed by atoms with Crippen LogP contribution in [0.3, 0.4) is 0 Å². The van der Waals surface area contributed by atoms with Crippen molar-refractivity contribution in [3.8, 4) is 5.75 Å². The van der Waals surface area contributed by atoms with Crippen molar-refractivity contribution in [1.29, 1.82) is 0 Å². The number of carboxylic acids is 1. The number of aromatic nitrogens is 1. The van der Waals surface area contributed by atoms with Gasteiger partial charge in [0.15, 0.2) is 0 Å². The first-order chi connectivity index (χ1) is 10.0. The van der Waals surface area contributed by atoms with Gasteiger partial charge in [0.2, 0.25) is 0 Å². The molecule has 6 nitrogen and oxygen atoms in total. The lowest BCUT2D eigenvalue weighted by molar-refractivity contribution is 0.0698. The number of hydrogen-bond acceptors (Lipinski definition) is 4. The van der Waals surface area contributed by atoms with Gasteiger partial charge in [-0.05, 0) is 24.3 Å². The number of amides is 1. The number of carbonyl (C=O) groups is 2. The molecule has 0 aliphatic carbocycles. The molecule has 0 fully saturated rings. The zero-order chi connectivity index (χ0) is 15.4. The summed E-state index contributed by atoms with van der Waals surface area (Å²) in [6.45, 7) is 0. The Kier molecular flexibility index (Phi) is 4.39. The van der Waals surface area contributed by atoms with E-state index in [9.17, 15) is 9.59 Å². The number of benzene rings is 1. The summed E-state index contributed by atoms with van der Waals surface area (Å²) in [6, 6.07) is 7.26. The van der Waals surface area contributed by atoms with E-state index in [-0.39, 0.29) is 22.0 Å². The highest BCUT2D eigenvalue weighted by atomic mass is 35.5. The number of hydrogen-bond donors (Lipinski definition) is 2. The number of rotatable bonds is 4. The number of aromatic carboxylic acids is 1. The van der Waals surface area contributed by atoms with Crippen molar-refractivity contribution in [3.05, 3.63) is 52.8 Å². The fraction of sp³-hybridized carbons (Fsp3) is 0.0714. The second kappa shape index (κ2) is 6.23. The maximum Gasteiger partial charge on any atom is 0.337 e. The van der Waals surface area contributed by atoms with Gasteiger partial charge in [0.1, 0.15) is 10.9 Å². The molecule has 0 radical (unpaired) electrons. The van der Waals surface area contributed by atoms with E-state index >= 15 is 0 Å². The molecule has 21 heavy (non-hydrogen) atoms. The lowest BCUT2D eigenvalue weighted by Crippen LogP contribution is -2.15. The Morgan fingerprint density at radius 1 is 1.29 bits per heavy atom. The van der Waals surface area contributed by atoms with Gasteiger partial charge in [-0.1, -0.05) is 11.6 Å². The number of carboxylic acid groups (broad SMARTS) is 1. The van der Waals surface area contributed by atoms with Crippen molar-refractivity contribution >= 4 is 29.2 Å². The molecule has 7 heteroatoms. The monoisotopic (exact) mass is 306 g/mol. The summed E-state index contributed by atoms with van der Waals surface area (Å²) >= 11 is 5.65. The van der Waals surface area contributed by atoms with Crippen molar-refractivity contribution < 1.29 is 19.4 Å². The minimum Gasteiger partial charge on any atom is -0.497 e. The molecule has 108 valence electrons. The molecule has 0 atom stereocenters. The van der Waals surface area contributed by atoms with E-state index in [0.29, 0.717) is 5.75 Å². The third-order valence-corrected chi connectivity index (χ3v) is 2.92. The fourth-order valence-electron chi connectivity index (χ4n) is 1.64. The van der Waals surface area contributed by atoms with E-state index in [2.05, 4.69) is 10.3 Å². The quantitative estimate of drug-likeness (QED) is 0.848. The molecule has 2 N–H and O–H groups in total. The smallest absolute Gasteiger partial charge is 0.337 e. The predicted molar refractivity (Wildman–Crippen MR) is 77.2 cm³/mol. The summed E-state index contributed by atoms with van der Waals surface area (Å²) in [5, 5.41) is 11.9. The van der Waals surface area contributed by atoms with Gasteiger partial charge in [-0.25, -0.2) is 9.78 Å². The molecule has 0 unspecified atom stereocenters. The number of anilines is 1. The molecule has 1 aromatic heterocycles. The summed E-state index contributed by atoms with van der Waals surface area (Å²) in [6.07, 6.45) is 1.30. The standard InChI is InChI=1S/C14H11ClN2O4/c1-21-9-3-4-10(14(19)20)11(6-9)17-13(18)8-2-5-12(15)16-7-8/h2-7H,1H3,(H,17,18)(H,19,20). The maximum atomic E-state index is 12.1. The summed E-state index contributed by atoms with van der Waals surface area (Å²) in [5.41, 5.74) is 0.367. The van der Waals surface area contributed by atoms with E-state index in [0.717, 1.165) is 0 Å². The molecule has 0 aliphatic heterocycles. The van der Waals surface area contributed by atoms with E-state index < -0.39 is 11.9 Å². The van der Waals surface area contributed by atoms with Gasteiger partial charge in [0.25, 0.3) is 5.91 Å². The van der Waals surface area contributed by atoms with Gasteiger partial charge in [0, 0.05) is 12.3 Å². The number of nitrogens with zero attached hydrogens (tertiary/aromatic N) is 1. The summed E-state index contributed by atoms with van der Waals surface area (Å²) in [7, 11) is 1.45. The summed E-state index contributed by atoms with van der Waals surface area (Å²) in [4.78, 5) is 27.0. The molecule has 1 aromatic carbocycles. The Balaban J connectivity index is 2.31. The van der Waals surface area contributed by atoms with Crippen LogP contribution in [0, 0.1) is 0 Å². The first-order valence-corrected chi connectivity index (χ1v) is 6.23. The van der Waals surface area contributed by atoms with Crippen molar-refractivity contribution in [3.63, 3.8) is 0 Å². The molecule has 1 amide bonds. The van der Waals surface area contributed by atoms with Crippen LogP contribution >= 0.6 is 11.6 Å². The van der Waals surface area contributed by atoms with Crippen molar-refractivity contribution in [2.75, 3.05) is 12.4 Å². The average molecular weight is 307 g/mol. The molecule has 0 spiro atoms. The van der Waals surface area contributed by atoms with Crippen molar-refractivity contribution in [2.24, 2.45) is 0 Å². The average Bonchev–Trinajstić information content (AvgIpc) is 2.47. The highest BCUT2D eigenvalue weighted by Gasteiger charge is 2.15. The summed E-state index contributed by atoms with van der Waals surface area (Å²) in [5.74, 6) is -1.21. The number of carbonyl (C=O) groups excluding carboxylic acids is 1. The lowest BCUT2D eigenvalue weighted by atomic mass is 10.1. The number of nitrogens with one attached hydrogen (secondary N) is 1. The zero-order valence-corrected chi connectivity index (χ0v) is 11.7. The SMILES string of the molecule is COc1ccc(C(=O)O)c(NC(=O)c2ccc(Cl)nc2)c1. The van der Waals surface area contributed by atoms with Gasteiger partial charge in [-0.15, -0.1) is 0 Å². The lowest BCUT2D eigenvalue weighted by Gasteiger charge is -2.10. The summed E-state index contributed by atoms with van der Waals surface area (Å²) < 4.78 is 5.02. The Hall–Kier alpha value is -2.60.